The molecular formula is C37H46FN7OS. The molecule has 2 aliphatic carbocycles. The summed E-state index contributed by atoms with van der Waals surface area (Å²) in [5.74, 6) is -0.291. The third-order valence-corrected chi connectivity index (χ3v) is 10.6. The zero-order valence-corrected chi connectivity index (χ0v) is 28.5. The minimum Gasteiger partial charge on any atom is -0.369 e. The van der Waals surface area contributed by atoms with E-state index in [2.05, 4.69) is 65.0 Å². The zero-order valence-electron chi connectivity index (χ0n) is 27.5. The number of aromatic nitrogens is 3. The number of piperazine rings is 1. The number of piperidine rings is 1. The molecule has 8 rings (SSSR count). The number of rotatable bonds is 8. The van der Waals surface area contributed by atoms with E-state index in [1.165, 1.54) is 11.6 Å². The molecular weight excluding hydrogens is 610 g/mol. The van der Waals surface area contributed by atoms with Crippen LogP contribution in [-0.4, -0.2) is 63.7 Å². The van der Waals surface area contributed by atoms with Gasteiger partial charge in [-0.25, -0.2) is 4.39 Å². The van der Waals surface area contributed by atoms with E-state index in [-0.39, 0.29) is 36.3 Å². The lowest BCUT2D eigenvalue weighted by atomic mass is 10.0. The van der Waals surface area contributed by atoms with Crippen molar-refractivity contribution in [2.45, 2.75) is 83.1 Å². The third-order valence-electron chi connectivity index (χ3n) is 10.6. The van der Waals surface area contributed by atoms with Crippen molar-refractivity contribution < 1.29 is 4.39 Å². The average molecular weight is 656 g/mol. The lowest BCUT2D eigenvalue weighted by molar-refractivity contribution is 0.158. The maximum absolute atomic E-state index is 15.9. The van der Waals surface area contributed by atoms with Gasteiger partial charge in [-0.2, -0.15) is 13.5 Å². The van der Waals surface area contributed by atoms with Gasteiger partial charge in [0.2, 0.25) is 0 Å². The fourth-order valence-electron chi connectivity index (χ4n) is 7.68. The standard InChI is InChI=1S/C37H44FN7O.H2S/c1-25-5-6-30(19-40-25)42-14-3-4-31(23-42)44(20-27-9-12-39-26(2)16-27)21-28-22-45(29-7-8-29)34-18-35(33(38)17-32(34)36(28)46)43-15-13-41-37(24-43)10-11-37;/h5-6,9,12,16-19,22,29,31,41H,3-4,7-8,10-11,13-15,20-21,23-24H2,1-2H3;1H2/t31-;/m0./s1. The molecule has 2 aliphatic heterocycles. The highest BCUT2D eigenvalue weighted by Gasteiger charge is 2.46. The van der Waals surface area contributed by atoms with Gasteiger partial charge in [0.1, 0.15) is 5.82 Å². The number of aryl methyl sites for hydroxylation is 2. The van der Waals surface area contributed by atoms with Crippen LogP contribution in [0.1, 0.15) is 67.1 Å². The molecule has 47 heavy (non-hydrogen) atoms. The van der Waals surface area contributed by atoms with Crippen LogP contribution in [0.3, 0.4) is 0 Å². The lowest BCUT2D eigenvalue weighted by Crippen LogP contribution is -2.52. The van der Waals surface area contributed by atoms with E-state index >= 15 is 4.39 Å². The molecule has 4 fully saturated rings. The molecule has 5 heterocycles. The van der Waals surface area contributed by atoms with Crippen molar-refractivity contribution in [1.29, 1.82) is 0 Å². The van der Waals surface area contributed by atoms with Crippen LogP contribution in [-0.2, 0) is 13.1 Å². The number of fused-ring (bicyclic) bond motifs is 1. The Hall–Kier alpha value is -3.47. The molecule has 4 aliphatic rings. The predicted octanol–water partition coefficient (Wildman–Crippen LogP) is 5.61. The summed E-state index contributed by atoms with van der Waals surface area (Å²) < 4.78 is 18.2. The number of hydrogen-bond acceptors (Lipinski definition) is 7. The highest BCUT2D eigenvalue weighted by molar-refractivity contribution is 7.59. The van der Waals surface area contributed by atoms with Crippen LogP contribution < -0.4 is 20.5 Å². The topological polar surface area (TPSA) is 69.5 Å². The Bertz CT molecular complexity index is 1820. The van der Waals surface area contributed by atoms with E-state index in [4.69, 9.17) is 0 Å². The Morgan fingerprint density at radius 1 is 1.00 bits per heavy atom. The van der Waals surface area contributed by atoms with Crippen LogP contribution in [0.5, 0.6) is 0 Å². The number of hydrogen-bond donors (Lipinski definition) is 1. The predicted molar refractivity (Wildman–Crippen MR) is 191 cm³/mol. The Labute approximate surface area is 283 Å². The van der Waals surface area contributed by atoms with E-state index in [9.17, 15) is 4.79 Å². The Morgan fingerprint density at radius 3 is 2.60 bits per heavy atom. The van der Waals surface area contributed by atoms with Gasteiger partial charge < -0.3 is 19.7 Å². The van der Waals surface area contributed by atoms with Gasteiger partial charge in [0.05, 0.1) is 23.1 Å². The van der Waals surface area contributed by atoms with Crippen LogP contribution >= 0.6 is 13.5 Å². The molecule has 2 saturated heterocycles. The first-order valence-electron chi connectivity index (χ1n) is 17.0. The number of anilines is 2. The first kappa shape index (κ1) is 32.1. The summed E-state index contributed by atoms with van der Waals surface area (Å²) >= 11 is 0. The van der Waals surface area contributed by atoms with E-state index in [0.29, 0.717) is 30.2 Å². The number of pyridine rings is 3. The number of halogens is 1. The summed E-state index contributed by atoms with van der Waals surface area (Å²) in [6.07, 6.45) is 12.5. The SMILES string of the molecule is Cc1ccc(N2CCC[C@H](N(Cc3ccnc(C)c3)Cc3cn(C4CC4)c4cc(N5CCNC6(CC6)C5)c(F)cc4c3=O)C2)cn1.S. The third kappa shape index (κ3) is 6.65. The molecule has 3 aromatic heterocycles. The lowest BCUT2D eigenvalue weighted by Gasteiger charge is -2.40. The molecule has 1 atom stereocenters. The molecule has 0 unspecified atom stereocenters. The smallest absolute Gasteiger partial charge is 0.193 e. The molecule has 8 nitrogen and oxygen atoms in total. The monoisotopic (exact) mass is 655 g/mol. The minimum absolute atomic E-state index is 0. The van der Waals surface area contributed by atoms with Crippen LogP contribution in [0.2, 0.25) is 0 Å². The highest BCUT2D eigenvalue weighted by atomic mass is 32.1. The van der Waals surface area contributed by atoms with Gasteiger partial charge in [-0.15, -0.1) is 0 Å². The van der Waals surface area contributed by atoms with Crippen molar-refractivity contribution in [3.8, 4) is 0 Å². The maximum atomic E-state index is 15.9. The molecule has 4 aromatic rings. The van der Waals surface area contributed by atoms with Crippen LogP contribution in [0, 0.1) is 19.7 Å². The Balaban J connectivity index is 0.00000351. The fourth-order valence-corrected chi connectivity index (χ4v) is 7.68. The normalized spacial score (nSPS) is 20.6. The second-order valence-electron chi connectivity index (χ2n) is 14.2. The van der Waals surface area contributed by atoms with Crippen molar-refractivity contribution >= 4 is 35.8 Å². The molecule has 0 amide bonds. The van der Waals surface area contributed by atoms with Crippen LogP contribution in [0.4, 0.5) is 15.8 Å². The van der Waals surface area contributed by atoms with Crippen LogP contribution in [0.15, 0.2) is 59.8 Å². The van der Waals surface area contributed by atoms with Gasteiger partial charge in [0.15, 0.2) is 5.43 Å². The van der Waals surface area contributed by atoms with E-state index < -0.39 is 0 Å². The van der Waals surface area contributed by atoms with Gasteiger partial charge in [0.25, 0.3) is 0 Å². The van der Waals surface area contributed by atoms with Crippen molar-refractivity contribution in [2.24, 2.45) is 0 Å². The van der Waals surface area contributed by atoms with Gasteiger partial charge in [0, 0.05) is 98.2 Å². The average Bonchev–Trinajstić information content (AvgIpc) is 4.01. The summed E-state index contributed by atoms with van der Waals surface area (Å²) in [5.41, 5.74) is 6.64. The van der Waals surface area contributed by atoms with Crippen LogP contribution in [0.25, 0.3) is 10.9 Å². The fraction of sp³-hybridized carbons (Fsp3) is 0.486. The quantitative estimate of drug-likeness (QED) is 0.265. The van der Waals surface area contributed by atoms with E-state index in [1.807, 2.05) is 32.3 Å². The van der Waals surface area contributed by atoms with Crippen molar-refractivity contribution in [3.63, 3.8) is 0 Å². The number of nitrogens with zero attached hydrogens (tertiary/aromatic N) is 6. The first-order chi connectivity index (χ1) is 22.3. The van der Waals surface area contributed by atoms with Gasteiger partial charge in [-0.05, 0) is 94.3 Å². The van der Waals surface area contributed by atoms with Gasteiger partial charge in [-0.1, -0.05) is 0 Å². The van der Waals surface area contributed by atoms with Gasteiger partial charge in [-0.3, -0.25) is 19.7 Å². The molecule has 10 heteroatoms. The largest absolute Gasteiger partial charge is 0.369 e. The molecule has 2 saturated carbocycles. The summed E-state index contributed by atoms with van der Waals surface area (Å²) in [6, 6.07) is 12.5. The number of benzene rings is 1. The zero-order chi connectivity index (χ0) is 31.4. The summed E-state index contributed by atoms with van der Waals surface area (Å²) in [5, 5.41) is 4.13. The number of nitrogens with one attached hydrogen (secondary N) is 1. The first-order valence-corrected chi connectivity index (χ1v) is 17.0. The Morgan fingerprint density at radius 2 is 1.85 bits per heavy atom. The second-order valence-corrected chi connectivity index (χ2v) is 14.2. The summed E-state index contributed by atoms with van der Waals surface area (Å²) in [7, 11) is 0. The minimum atomic E-state index is -0.291. The molecule has 248 valence electrons. The van der Waals surface area contributed by atoms with Crippen molar-refractivity contribution in [3.05, 3.63) is 93.5 Å². The highest BCUT2D eigenvalue weighted by Crippen LogP contribution is 2.41. The second kappa shape index (κ2) is 12.9. The van der Waals surface area contributed by atoms with E-state index in [1.54, 1.807) is 0 Å². The molecule has 0 bridgehead atoms. The van der Waals surface area contributed by atoms with Gasteiger partial charge >= 0.3 is 0 Å². The van der Waals surface area contributed by atoms with Crippen molar-refractivity contribution in [1.82, 2.24) is 24.8 Å². The van der Waals surface area contributed by atoms with E-state index in [0.717, 1.165) is 99.4 Å². The molecule has 1 aromatic carbocycles. The summed E-state index contributed by atoms with van der Waals surface area (Å²) in [6.45, 7) is 9.57. The maximum Gasteiger partial charge on any atom is 0.193 e. The molecule has 1 spiro atoms. The summed E-state index contributed by atoms with van der Waals surface area (Å²) in [4.78, 5) is 30.3. The van der Waals surface area contributed by atoms with Crippen molar-refractivity contribution in [2.75, 3.05) is 42.5 Å². The molecule has 1 N–H and O–H groups in total. The molecule has 0 radical (unpaired) electrons. The Kier molecular flexibility index (Phi) is 8.78.